The molecule has 0 radical (unpaired) electrons. The van der Waals surface area contributed by atoms with Crippen LogP contribution in [-0.2, 0) is 4.79 Å². The maximum Gasteiger partial charge on any atom is 0.207 e. The van der Waals surface area contributed by atoms with Gasteiger partial charge in [-0.05, 0) is 19.3 Å². The van der Waals surface area contributed by atoms with Gasteiger partial charge in [0.2, 0.25) is 6.41 Å². The number of nitrogens with one attached hydrogen (secondary N) is 2. The van der Waals surface area contributed by atoms with Gasteiger partial charge >= 0.3 is 0 Å². The van der Waals surface area contributed by atoms with Crippen LogP contribution in [0.1, 0.15) is 19.3 Å². The summed E-state index contributed by atoms with van der Waals surface area (Å²) in [6, 6.07) is 1.96. The molecule has 1 spiro atoms. The molecule has 0 bridgehead atoms. The highest BCUT2D eigenvalue weighted by molar-refractivity contribution is 5.49. The van der Waals surface area contributed by atoms with Gasteiger partial charge in [0.15, 0.2) is 0 Å². The van der Waals surface area contributed by atoms with Crippen LogP contribution in [0.2, 0.25) is 0 Å². The van der Waals surface area contributed by atoms with Gasteiger partial charge in [-0.3, -0.25) is 4.79 Å². The SMILES string of the molecule is O=CNC1CC2NC3CCC132. The molecule has 3 heteroatoms. The molecule has 3 fully saturated rings. The summed E-state index contributed by atoms with van der Waals surface area (Å²) < 4.78 is 0. The average molecular weight is 152 g/mol. The van der Waals surface area contributed by atoms with E-state index in [0.717, 1.165) is 24.9 Å². The van der Waals surface area contributed by atoms with Crippen molar-refractivity contribution < 1.29 is 4.79 Å². The van der Waals surface area contributed by atoms with Gasteiger partial charge in [-0.1, -0.05) is 0 Å². The molecular formula is C8H12N2O. The van der Waals surface area contributed by atoms with Crippen molar-refractivity contribution in [2.45, 2.75) is 37.4 Å². The molecule has 60 valence electrons. The van der Waals surface area contributed by atoms with Gasteiger partial charge in [-0.2, -0.15) is 0 Å². The van der Waals surface area contributed by atoms with Crippen LogP contribution in [0, 0.1) is 5.41 Å². The predicted octanol–water partition coefficient (Wildman–Crippen LogP) is -0.375. The van der Waals surface area contributed by atoms with Gasteiger partial charge in [-0.25, -0.2) is 0 Å². The number of amides is 1. The molecule has 0 aromatic heterocycles. The Morgan fingerprint density at radius 1 is 1.55 bits per heavy atom. The summed E-state index contributed by atoms with van der Waals surface area (Å²) in [5, 5.41) is 6.42. The smallest absolute Gasteiger partial charge is 0.207 e. The quantitative estimate of drug-likeness (QED) is 0.530. The number of piperidine rings is 2. The summed E-state index contributed by atoms with van der Waals surface area (Å²) in [5.74, 6) is 0. The molecular weight excluding hydrogens is 140 g/mol. The zero-order valence-corrected chi connectivity index (χ0v) is 6.34. The van der Waals surface area contributed by atoms with Crippen molar-refractivity contribution in [3.8, 4) is 0 Å². The van der Waals surface area contributed by atoms with Crippen molar-refractivity contribution in [2.75, 3.05) is 0 Å². The van der Waals surface area contributed by atoms with Crippen LogP contribution in [0.15, 0.2) is 0 Å². The Kier molecular flexibility index (Phi) is 0.876. The molecule has 2 N–H and O–H groups in total. The summed E-state index contributed by atoms with van der Waals surface area (Å²) >= 11 is 0. The molecule has 3 rings (SSSR count). The first-order valence-electron chi connectivity index (χ1n) is 4.33. The average Bonchev–Trinajstić information content (AvgIpc) is 1.92. The lowest BCUT2D eigenvalue weighted by atomic mass is 9.41. The van der Waals surface area contributed by atoms with Gasteiger partial charge < -0.3 is 10.6 Å². The molecule has 4 atom stereocenters. The molecule has 2 saturated carbocycles. The fourth-order valence-electron chi connectivity index (χ4n) is 3.13. The van der Waals surface area contributed by atoms with Crippen LogP contribution in [0.4, 0.5) is 0 Å². The van der Waals surface area contributed by atoms with Crippen molar-refractivity contribution in [1.82, 2.24) is 10.6 Å². The number of hydrogen-bond donors (Lipinski definition) is 2. The zero-order valence-electron chi connectivity index (χ0n) is 6.34. The Morgan fingerprint density at radius 3 is 2.91 bits per heavy atom. The number of rotatable bonds is 2. The molecule has 4 unspecified atom stereocenters. The number of carbonyl (C=O) groups excluding carboxylic acids is 1. The highest BCUT2D eigenvalue weighted by Crippen LogP contribution is 2.62. The Morgan fingerprint density at radius 2 is 2.45 bits per heavy atom. The Labute approximate surface area is 65.5 Å². The van der Waals surface area contributed by atoms with E-state index >= 15 is 0 Å². The van der Waals surface area contributed by atoms with E-state index in [1.165, 1.54) is 12.8 Å². The third kappa shape index (κ3) is 0.439. The van der Waals surface area contributed by atoms with Crippen LogP contribution in [0.25, 0.3) is 0 Å². The molecule has 1 saturated heterocycles. The minimum Gasteiger partial charge on any atom is -0.355 e. The van der Waals surface area contributed by atoms with Gasteiger partial charge in [0.05, 0.1) is 0 Å². The van der Waals surface area contributed by atoms with E-state index < -0.39 is 0 Å². The van der Waals surface area contributed by atoms with E-state index in [-0.39, 0.29) is 0 Å². The predicted molar refractivity (Wildman–Crippen MR) is 40.0 cm³/mol. The maximum absolute atomic E-state index is 10.2. The zero-order chi connectivity index (χ0) is 7.47. The van der Waals surface area contributed by atoms with Crippen molar-refractivity contribution >= 4 is 6.41 Å². The second-order valence-corrected chi connectivity index (χ2v) is 4.00. The van der Waals surface area contributed by atoms with Crippen LogP contribution < -0.4 is 10.6 Å². The summed E-state index contributed by atoms with van der Waals surface area (Å²) in [6.07, 6.45) is 4.63. The van der Waals surface area contributed by atoms with Gasteiger partial charge in [-0.15, -0.1) is 0 Å². The first-order chi connectivity index (χ1) is 5.38. The third-order valence-electron chi connectivity index (χ3n) is 3.96. The lowest BCUT2D eigenvalue weighted by Crippen LogP contribution is -2.88. The van der Waals surface area contributed by atoms with E-state index in [4.69, 9.17) is 0 Å². The molecule has 3 nitrogen and oxygen atoms in total. The number of hydrogen-bond acceptors (Lipinski definition) is 2. The van der Waals surface area contributed by atoms with E-state index in [0.29, 0.717) is 11.5 Å². The molecule has 1 amide bonds. The Balaban J connectivity index is 1.77. The van der Waals surface area contributed by atoms with Crippen LogP contribution in [-0.4, -0.2) is 24.5 Å². The van der Waals surface area contributed by atoms with E-state index in [1.54, 1.807) is 0 Å². The summed E-state index contributed by atoms with van der Waals surface area (Å²) in [5.41, 5.74) is 0.515. The molecule has 1 heterocycles. The molecule has 3 aliphatic rings. The fraction of sp³-hybridized carbons (Fsp3) is 0.875. The monoisotopic (exact) mass is 152 g/mol. The van der Waals surface area contributed by atoms with Gasteiger partial charge in [0, 0.05) is 23.5 Å². The standard InChI is InChI=1S/C8H12N2O/c11-4-9-6-3-7-8(6)2-1-5(8)10-7/h4-7,10H,1-3H2,(H,9,11). The summed E-state index contributed by atoms with van der Waals surface area (Å²) in [4.78, 5) is 10.2. The summed E-state index contributed by atoms with van der Waals surface area (Å²) in [7, 11) is 0. The lowest BCUT2D eigenvalue weighted by molar-refractivity contribution is -0.180. The van der Waals surface area contributed by atoms with Crippen LogP contribution in [0.5, 0.6) is 0 Å². The molecule has 1 aliphatic heterocycles. The fourth-order valence-corrected chi connectivity index (χ4v) is 3.13. The minimum atomic E-state index is 0.491. The first kappa shape index (κ1) is 6.00. The van der Waals surface area contributed by atoms with Crippen molar-refractivity contribution in [1.29, 1.82) is 0 Å². The lowest BCUT2D eigenvalue weighted by Gasteiger charge is -2.75. The highest BCUT2D eigenvalue weighted by Gasteiger charge is 2.70. The van der Waals surface area contributed by atoms with E-state index in [1.807, 2.05) is 0 Å². The third-order valence-corrected chi connectivity index (χ3v) is 3.96. The second kappa shape index (κ2) is 1.61. The van der Waals surface area contributed by atoms with E-state index in [9.17, 15) is 4.79 Å². The number of carbonyl (C=O) groups is 1. The maximum atomic E-state index is 10.2. The Hall–Kier alpha value is -0.570. The van der Waals surface area contributed by atoms with E-state index in [2.05, 4.69) is 10.6 Å². The van der Waals surface area contributed by atoms with Crippen molar-refractivity contribution in [3.63, 3.8) is 0 Å². The molecule has 0 aromatic carbocycles. The normalized spacial score (nSPS) is 57.3. The van der Waals surface area contributed by atoms with Crippen molar-refractivity contribution in [3.05, 3.63) is 0 Å². The molecule has 2 aliphatic carbocycles. The van der Waals surface area contributed by atoms with Gasteiger partial charge in [0.1, 0.15) is 0 Å². The van der Waals surface area contributed by atoms with Crippen LogP contribution >= 0.6 is 0 Å². The summed E-state index contributed by atoms with van der Waals surface area (Å²) in [6.45, 7) is 0. The molecule has 11 heavy (non-hydrogen) atoms. The largest absolute Gasteiger partial charge is 0.355 e. The first-order valence-corrected chi connectivity index (χ1v) is 4.33. The molecule has 0 aromatic rings. The minimum absolute atomic E-state index is 0.491. The topological polar surface area (TPSA) is 41.1 Å². The Bertz CT molecular complexity index is 212. The van der Waals surface area contributed by atoms with Crippen LogP contribution in [0.3, 0.4) is 0 Å². The highest BCUT2D eigenvalue weighted by atomic mass is 16.1. The van der Waals surface area contributed by atoms with Crippen molar-refractivity contribution in [2.24, 2.45) is 5.41 Å². The van der Waals surface area contributed by atoms with Gasteiger partial charge in [0.25, 0.3) is 0 Å². The second-order valence-electron chi connectivity index (χ2n) is 4.00.